The molecule has 2 rings (SSSR count). The number of aryl methyl sites for hydroxylation is 1. The SMILES string of the molecule is Cc1nc(CNCC2CCNC2C)cs1. The molecule has 2 N–H and O–H groups in total. The third kappa shape index (κ3) is 3.00. The molecule has 0 bridgehead atoms. The van der Waals surface area contributed by atoms with Gasteiger partial charge in [0.25, 0.3) is 0 Å². The van der Waals surface area contributed by atoms with E-state index in [1.165, 1.54) is 18.7 Å². The Morgan fingerprint density at radius 1 is 1.67 bits per heavy atom. The van der Waals surface area contributed by atoms with Gasteiger partial charge < -0.3 is 10.6 Å². The fraction of sp³-hybridized carbons (Fsp3) is 0.727. The summed E-state index contributed by atoms with van der Waals surface area (Å²) in [5, 5.41) is 10.3. The van der Waals surface area contributed by atoms with Gasteiger partial charge in [0, 0.05) is 18.0 Å². The number of nitrogens with one attached hydrogen (secondary N) is 2. The second-order valence-corrected chi connectivity index (χ2v) is 5.34. The highest BCUT2D eigenvalue weighted by Crippen LogP contribution is 2.14. The van der Waals surface area contributed by atoms with Crippen molar-refractivity contribution < 1.29 is 0 Å². The van der Waals surface area contributed by atoms with Crippen molar-refractivity contribution in [2.75, 3.05) is 13.1 Å². The summed E-state index contributed by atoms with van der Waals surface area (Å²) >= 11 is 1.72. The molecule has 0 spiro atoms. The molecule has 1 fully saturated rings. The van der Waals surface area contributed by atoms with Gasteiger partial charge in [-0.05, 0) is 39.3 Å². The molecule has 4 heteroatoms. The number of hydrogen-bond donors (Lipinski definition) is 2. The van der Waals surface area contributed by atoms with E-state index < -0.39 is 0 Å². The monoisotopic (exact) mass is 225 g/mol. The summed E-state index contributed by atoms with van der Waals surface area (Å²) in [5.74, 6) is 0.782. The van der Waals surface area contributed by atoms with Gasteiger partial charge in [0.2, 0.25) is 0 Å². The zero-order chi connectivity index (χ0) is 10.7. The molecule has 0 radical (unpaired) electrons. The first-order valence-electron chi connectivity index (χ1n) is 5.61. The van der Waals surface area contributed by atoms with Crippen LogP contribution in [-0.4, -0.2) is 24.1 Å². The third-order valence-corrected chi connectivity index (χ3v) is 3.89. The van der Waals surface area contributed by atoms with Gasteiger partial charge in [-0.2, -0.15) is 0 Å². The molecule has 3 nitrogen and oxygen atoms in total. The van der Waals surface area contributed by atoms with E-state index in [0.29, 0.717) is 6.04 Å². The number of thiazole rings is 1. The van der Waals surface area contributed by atoms with Gasteiger partial charge >= 0.3 is 0 Å². The Labute approximate surface area is 95.3 Å². The smallest absolute Gasteiger partial charge is 0.0897 e. The van der Waals surface area contributed by atoms with Crippen LogP contribution in [0, 0.1) is 12.8 Å². The molecule has 84 valence electrons. The second-order valence-electron chi connectivity index (χ2n) is 4.28. The van der Waals surface area contributed by atoms with Gasteiger partial charge in [0.15, 0.2) is 0 Å². The van der Waals surface area contributed by atoms with Crippen LogP contribution in [0.5, 0.6) is 0 Å². The quantitative estimate of drug-likeness (QED) is 0.816. The van der Waals surface area contributed by atoms with E-state index in [1.807, 2.05) is 0 Å². The van der Waals surface area contributed by atoms with Crippen molar-refractivity contribution in [3.05, 3.63) is 16.1 Å². The van der Waals surface area contributed by atoms with E-state index in [2.05, 4.69) is 34.8 Å². The lowest BCUT2D eigenvalue weighted by molar-refractivity contribution is 0.438. The van der Waals surface area contributed by atoms with E-state index in [4.69, 9.17) is 0 Å². The fourth-order valence-electron chi connectivity index (χ4n) is 2.07. The molecule has 0 amide bonds. The largest absolute Gasteiger partial charge is 0.314 e. The molecule has 1 aromatic rings. The van der Waals surface area contributed by atoms with Gasteiger partial charge in [-0.1, -0.05) is 0 Å². The van der Waals surface area contributed by atoms with E-state index in [0.717, 1.165) is 24.0 Å². The van der Waals surface area contributed by atoms with Crippen LogP contribution in [0.3, 0.4) is 0 Å². The Morgan fingerprint density at radius 3 is 3.13 bits per heavy atom. The highest BCUT2D eigenvalue weighted by atomic mass is 32.1. The predicted molar refractivity (Wildman–Crippen MR) is 64.1 cm³/mol. The van der Waals surface area contributed by atoms with Crippen LogP contribution in [0.4, 0.5) is 0 Å². The number of hydrogen-bond acceptors (Lipinski definition) is 4. The zero-order valence-corrected chi connectivity index (χ0v) is 10.2. The maximum atomic E-state index is 4.43. The Hall–Kier alpha value is -0.450. The molecular weight excluding hydrogens is 206 g/mol. The molecule has 1 aromatic heterocycles. The maximum absolute atomic E-state index is 4.43. The van der Waals surface area contributed by atoms with E-state index >= 15 is 0 Å². The molecule has 0 aliphatic carbocycles. The fourth-order valence-corrected chi connectivity index (χ4v) is 2.68. The van der Waals surface area contributed by atoms with Crippen LogP contribution in [0.1, 0.15) is 24.0 Å². The van der Waals surface area contributed by atoms with Crippen molar-refractivity contribution in [1.82, 2.24) is 15.6 Å². The Morgan fingerprint density at radius 2 is 2.53 bits per heavy atom. The Kier molecular flexibility index (Phi) is 3.72. The van der Waals surface area contributed by atoms with Crippen LogP contribution in [0.25, 0.3) is 0 Å². The first-order valence-corrected chi connectivity index (χ1v) is 6.49. The van der Waals surface area contributed by atoms with Gasteiger partial charge in [-0.25, -0.2) is 4.98 Å². The average Bonchev–Trinajstić information content (AvgIpc) is 2.77. The lowest BCUT2D eigenvalue weighted by Crippen LogP contribution is -2.30. The molecule has 2 unspecified atom stereocenters. The lowest BCUT2D eigenvalue weighted by Gasteiger charge is -2.14. The highest BCUT2D eigenvalue weighted by molar-refractivity contribution is 7.09. The predicted octanol–water partition coefficient (Wildman–Crippen LogP) is 1.54. The molecule has 1 aliphatic heterocycles. The van der Waals surface area contributed by atoms with Crippen LogP contribution in [-0.2, 0) is 6.54 Å². The number of nitrogens with zero attached hydrogens (tertiary/aromatic N) is 1. The van der Waals surface area contributed by atoms with Crippen LogP contribution >= 0.6 is 11.3 Å². The summed E-state index contributed by atoms with van der Waals surface area (Å²) < 4.78 is 0. The topological polar surface area (TPSA) is 37.0 Å². The number of aromatic nitrogens is 1. The molecule has 1 aliphatic rings. The van der Waals surface area contributed by atoms with E-state index in [-0.39, 0.29) is 0 Å². The van der Waals surface area contributed by atoms with Gasteiger partial charge in [0.1, 0.15) is 0 Å². The summed E-state index contributed by atoms with van der Waals surface area (Å²) in [7, 11) is 0. The summed E-state index contributed by atoms with van der Waals surface area (Å²) in [5.41, 5.74) is 1.18. The first-order chi connectivity index (χ1) is 7.25. The Bertz CT molecular complexity index is 311. The van der Waals surface area contributed by atoms with Crippen molar-refractivity contribution >= 4 is 11.3 Å². The van der Waals surface area contributed by atoms with Crippen LogP contribution in [0.2, 0.25) is 0 Å². The van der Waals surface area contributed by atoms with Crippen LogP contribution < -0.4 is 10.6 Å². The van der Waals surface area contributed by atoms with Crippen LogP contribution in [0.15, 0.2) is 5.38 Å². The molecule has 2 atom stereocenters. The molecule has 0 saturated carbocycles. The lowest BCUT2D eigenvalue weighted by atomic mass is 10.0. The molecular formula is C11H19N3S. The van der Waals surface area contributed by atoms with Crippen molar-refractivity contribution in [2.24, 2.45) is 5.92 Å². The van der Waals surface area contributed by atoms with Crippen molar-refractivity contribution in [2.45, 2.75) is 32.9 Å². The highest BCUT2D eigenvalue weighted by Gasteiger charge is 2.21. The summed E-state index contributed by atoms with van der Waals surface area (Å²) in [6, 6.07) is 0.662. The van der Waals surface area contributed by atoms with Gasteiger partial charge in [-0.15, -0.1) is 11.3 Å². The van der Waals surface area contributed by atoms with Crippen molar-refractivity contribution in [1.29, 1.82) is 0 Å². The summed E-state index contributed by atoms with van der Waals surface area (Å²) in [6.07, 6.45) is 1.30. The maximum Gasteiger partial charge on any atom is 0.0897 e. The minimum absolute atomic E-state index is 0.662. The Balaban J connectivity index is 1.70. The van der Waals surface area contributed by atoms with Gasteiger partial charge in [-0.3, -0.25) is 0 Å². The van der Waals surface area contributed by atoms with Gasteiger partial charge in [0.05, 0.1) is 10.7 Å². The standard InChI is InChI=1S/C11H19N3S/c1-8-10(3-4-13-8)5-12-6-11-7-15-9(2)14-11/h7-8,10,12-13H,3-6H2,1-2H3. The number of rotatable bonds is 4. The second kappa shape index (κ2) is 5.05. The minimum Gasteiger partial charge on any atom is -0.314 e. The molecule has 0 aromatic carbocycles. The summed E-state index contributed by atoms with van der Waals surface area (Å²) in [6.45, 7) is 7.51. The normalized spacial score (nSPS) is 26.0. The molecule has 15 heavy (non-hydrogen) atoms. The minimum atomic E-state index is 0.662. The molecule has 1 saturated heterocycles. The zero-order valence-electron chi connectivity index (χ0n) is 9.42. The van der Waals surface area contributed by atoms with E-state index in [1.54, 1.807) is 11.3 Å². The van der Waals surface area contributed by atoms with Crippen molar-refractivity contribution in [3.63, 3.8) is 0 Å². The molecule has 2 heterocycles. The van der Waals surface area contributed by atoms with E-state index in [9.17, 15) is 0 Å². The van der Waals surface area contributed by atoms with Crippen molar-refractivity contribution in [3.8, 4) is 0 Å². The first kappa shape index (κ1) is 11.0. The third-order valence-electron chi connectivity index (χ3n) is 3.07. The summed E-state index contributed by atoms with van der Waals surface area (Å²) in [4.78, 5) is 4.43. The average molecular weight is 225 g/mol.